The van der Waals surface area contributed by atoms with Gasteiger partial charge in [0.15, 0.2) is 22.8 Å². The van der Waals surface area contributed by atoms with Crippen LogP contribution in [0.3, 0.4) is 0 Å². The van der Waals surface area contributed by atoms with Crippen molar-refractivity contribution in [3.05, 3.63) is 53.4 Å². The number of halogens is 3. The molecule has 0 unspecified atom stereocenters. The number of likely N-dealkylation sites (N-methyl/N-ethyl adjacent to an activating group) is 1. The van der Waals surface area contributed by atoms with E-state index in [2.05, 4.69) is 40.7 Å². The smallest absolute Gasteiger partial charge is 0.379 e. The van der Waals surface area contributed by atoms with Gasteiger partial charge in [-0.25, -0.2) is 14.6 Å². The minimum atomic E-state index is -5.02. The minimum absolute atomic E-state index is 0.0802. The van der Waals surface area contributed by atoms with E-state index in [-0.39, 0.29) is 17.4 Å². The van der Waals surface area contributed by atoms with Crippen LogP contribution in [0, 0.1) is 11.3 Å². The van der Waals surface area contributed by atoms with Gasteiger partial charge in [-0.15, -0.1) is 5.10 Å². The number of carbonyl (C=O) groups is 2. The van der Waals surface area contributed by atoms with Crippen LogP contribution in [-0.4, -0.2) is 119 Å². The van der Waals surface area contributed by atoms with Crippen molar-refractivity contribution in [3.8, 4) is 11.8 Å². The number of nitrogens with one attached hydrogen (secondary N) is 2. The Bertz CT molecular complexity index is 1600. The number of nitrogens with zero attached hydrogens (tertiary/aromatic N) is 9. The van der Waals surface area contributed by atoms with Gasteiger partial charge >= 0.3 is 6.18 Å². The Labute approximate surface area is 263 Å². The van der Waals surface area contributed by atoms with Gasteiger partial charge in [0.25, 0.3) is 11.8 Å². The quantitative estimate of drug-likeness (QED) is 0.328. The number of rotatable bonds is 9. The Balaban J connectivity index is 1.37. The summed E-state index contributed by atoms with van der Waals surface area (Å²) in [6.45, 7) is 8.40. The van der Waals surface area contributed by atoms with E-state index in [1.54, 1.807) is 18.2 Å². The van der Waals surface area contributed by atoms with Gasteiger partial charge in [-0.2, -0.15) is 18.4 Å². The summed E-state index contributed by atoms with van der Waals surface area (Å²) in [7, 11) is 2.00. The number of hydrogen-bond acceptors (Lipinski definition) is 11. The van der Waals surface area contributed by atoms with Crippen LogP contribution in [0.15, 0.2) is 30.6 Å². The molecule has 46 heavy (non-hydrogen) atoms. The molecule has 0 spiro atoms. The van der Waals surface area contributed by atoms with Gasteiger partial charge in [-0.05, 0) is 45.1 Å². The zero-order chi connectivity index (χ0) is 32.8. The van der Waals surface area contributed by atoms with Gasteiger partial charge in [0, 0.05) is 45.3 Å². The first-order chi connectivity index (χ1) is 22.0. The second-order valence-corrected chi connectivity index (χ2v) is 11.1. The first kappa shape index (κ1) is 32.7. The minimum Gasteiger partial charge on any atom is -0.379 e. The summed E-state index contributed by atoms with van der Waals surface area (Å²) in [5, 5.41) is 22.5. The molecule has 0 bridgehead atoms. The van der Waals surface area contributed by atoms with Gasteiger partial charge in [0.2, 0.25) is 0 Å². The molecule has 2 aromatic heterocycles. The van der Waals surface area contributed by atoms with Crippen LogP contribution in [0.25, 0.3) is 5.69 Å². The van der Waals surface area contributed by atoms with E-state index in [1.165, 1.54) is 16.9 Å². The van der Waals surface area contributed by atoms with Gasteiger partial charge in [-0.1, -0.05) is 5.21 Å². The highest BCUT2D eigenvalue weighted by atomic mass is 19.4. The first-order valence-corrected chi connectivity index (χ1v) is 14.8. The van der Waals surface area contributed by atoms with E-state index < -0.39 is 35.1 Å². The van der Waals surface area contributed by atoms with E-state index in [9.17, 15) is 22.8 Å². The molecular weight excluding hydrogens is 607 g/mol. The predicted molar refractivity (Wildman–Crippen MR) is 160 cm³/mol. The summed E-state index contributed by atoms with van der Waals surface area (Å²) in [4.78, 5) is 39.4. The van der Waals surface area contributed by atoms with E-state index in [1.807, 2.05) is 18.9 Å². The lowest BCUT2D eigenvalue weighted by Crippen LogP contribution is -2.50. The maximum Gasteiger partial charge on any atom is 0.435 e. The number of ether oxygens (including phenoxy) is 1. The molecule has 0 saturated carbocycles. The molecule has 1 atom stereocenters. The molecule has 1 aromatic carbocycles. The summed E-state index contributed by atoms with van der Waals surface area (Å²) >= 11 is 0. The van der Waals surface area contributed by atoms with Crippen LogP contribution in [0.5, 0.6) is 0 Å². The average Bonchev–Trinajstić information content (AvgIpc) is 3.55. The zero-order valence-corrected chi connectivity index (χ0v) is 25.4. The predicted octanol–water partition coefficient (Wildman–Crippen LogP) is 1.79. The van der Waals surface area contributed by atoms with Gasteiger partial charge in [0.1, 0.15) is 6.07 Å². The molecule has 2 saturated heterocycles. The maximum absolute atomic E-state index is 13.8. The Morgan fingerprint density at radius 1 is 1.15 bits per heavy atom. The van der Waals surface area contributed by atoms with Crippen molar-refractivity contribution in [1.82, 2.24) is 40.1 Å². The fraction of sp³-hybridized carbons (Fsp3) is 0.483. The third-order valence-electron chi connectivity index (χ3n) is 7.93. The highest BCUT2D eigenvalue weighted by Gasteiger charge is 2.39. The van der Waals surface area contributed by atoms with Crippen LogP contribution in [-0.2, 0) is 10.9 Å². The second-order valence-electron chi connectivity index (χ2n) is 11.1. The molecule has 5 rings (SSSR count). The molecule has 2 fully saturated rings. The molecule has 4 heterocycles. The molecule has 3 aromatic rings. The summed E-state index contributed by atoms with van der Waals surface area (Å²) in [6.07, 6.45) is -2.02. The number of morpholine rings is 1. The summed E-state index contributed by atoms with van der Waals surface area (Å²) in [5.74, 6) is -1.55. The first-order valence-electron chi connectivity index (χ1n) is 14.8. The molecule has 0 aliphatic carbocycles. The van der Waals surface area contributed by atoms with Gasteiger partial charge in [0.05, 0.1) is 42.7 Å². The van der Waals surface area contributed by atoms with Crippen molar-refractivity contribution < 1.29 is 27.5 Å². The average molecular weight is 642 g/mol. The third-order valence-corrected chi connectivity index (χ3v) is 7.93. The molecule has 17 heteroatoms. The third kappa shape index (κ3) is 7.76. The van der Waals surface area contributed by atoms with Gasteiger partial charge < -0.3 is 25.2 Å². The number of amides is 2. The summed E-state index contributed by atoms with van der Waals surface area (Å²) in [5.41, 5.74) is -1.84. The number of hydrogen-bond donors (Lipinski definition) is 2. The summed E-state index contributed by atoms with van der Waals surface area (Å²) in [6, 6.07) is 6.67. The topological polar surface area (TPSA) is 157 Å². The summed E-state index contributed by atoms with van der Waals surface area (Å²) < 4.78 is 48.1. The Morgan fingerprint density at radius 3 is 2.65 bits per heavy atom. The lowest BCUT2D eigenvalue weighted by molar-refractivity contribution is -0.141. The van der Waals surface area contributed by atoms with Crippen LogP contribution in [0.4, 0.5) is 24.5 Å². The fourth-order valence-corrected chi connectivity index (χ4v) is 5.21. The maximum atomic E-state index is 13.8. The van der Waals surface area contributed by atoms with Crippen molar-refractivity contribution >= 4 is 23.2 Å². The van der Waals surface area contributed by atoms with Crippen molar-refractivity contribution in [2.45, 2.75) is 25.6 Å². The Hall–Kier alpha value is -4.66. The normalized spacial score (nSPS) is 17.8. The second kappa shape index (κ2) is 14.2. The number of benzene rings is 1. The number of alkyl halides is 3. The Kier molecular flexibility index (Phi) is 10.1. The molecule has 14 nitrogen and oxygen atoms in total. The molecule has 2 aliphatic heterocycles. The Morgan fingerprint density at radius 2 is 1.93 bits per heavy atom. The largest absolute Gasteiger partial charge is 0.435 e. The molecule has 2 N–H and O–H groups in total. The number of anilines is 2. The van der Waals surface area contributed by atoms with Crippen molar-refractivity contribution in [1.29, 1.82) is 5.26 Å². The SMILES string of the molecule is C[C@H]1CN(c2ccc(-n3cc(C(=O)NCCCN4CCOCC4)nn3)cc2NC(=O)c2ncc(C#N)nc2C(F)(F)F)CCN1C. The lowest BCUT2D eigenvalue weighted by atomic mass is 10.1. The van der Waals surface area contributed by atoms with Crippen LogP contribution in [0.2, 0.25) is 0 Å². The van der Waals surface area contributed by atoms with Gasteiger partial charge in [-0.3, -0.25) is 14.5 Å². The van der Waals surface area contributed by atoms with Crippen molar-refractivity contribution in [2.75, 3.05) is 76.3 Å². The number of carbonyl (C=O) groups excluding carboxylic acids is 2. The van der Waals surface area contributed by atoms with Crippen molar-refractivity contribution in [2.24, 2.45) is 0 Å². The van der Waals surface area contributed by atoms with E-state index >= 15 is 0 Å². The molecule has 2 aliphatic rings. The molecular formula is C29H34F3N11O3. The van der Waals surface area contributed by atoms with E-state index in [4.69, 9.17) is 10.00 Å². The molecule has 244 valence electrons. The van der Waals surface area contributed by atoms with Crippen LogP contribution in [0.1, 0.15) is 45.7 Å². The van der Waals surface area contributed by atoms with E-state index in [0.29, 0.717) is 44.2 Å². The highest BCUT2D eigenvalue weighted by Crippen LogP contribution is 2.33. The number of aromatic nitrogens is 5. The lowest BCUT2D eigenvalue weighted by Gasteiger charge is -2.39. The van der Waals surface area contributed by atoms with E-state index in [0.717, 1.165) is 38.8 Å². The number of nitriles is 1. The molecule has 0 radical (unpaired) electrons. The standard InChI is InChI=1S/C29H34F3N11O3/c1-19-17-42(9-8-40(19)2)24-5-4-21(14-22(24)37-28(45)25-26(29(30,31)32)36-20(15-33)16-35-25)43-18-23(38-39-43)27(44)34-6-3-7-41-10-12-46-13-11-41/h4-5,14,16,18-19H,3,6-13,17H2,1-2H3,(H,34,44)(H,37,45)/t19-/m0/s1. The zero-order valence-electron chi connectivity index (χ0n) is 25.4. The molecule has 2 amide bonds. The fourth-order valence-electron chi connectivity index (χ4n) is 5.21. The van der Waals surface area contributed by atoms with Crippen LogP contribution >= 0.6 is 0 Å². The number of piperazine rings is 1. The van der Waals surface area contributed by atoms with Crippen LogP contribution < -0.4 is 15.5 Å². The monoisotopic (exact) mass is 641 g/mol. The van der Waals surface area contributed by atoms with Crippen molar-refractivity contribution in [3.63, 3.8) is 0 Å². The highest BCUT2D eigenvalue weighted by molar-refractivity contribution is 6.05.